The van der Waals surface area contributed by atoms with E-state index in [0.29, 0.717) is 22.8 Å². The van der Waals surface area contributed by atoms with Crippen LogP contribution in [0.1, 0.15) is 49.9 Å². The zero-order valence-electron chi connectivity index (χ0n) is 14.9. The molecule has 1 aliphatic rings. The molecule has 7 heteroatoms. The quantitative estimate of drug-likeness (QED) is 0.732. The second-order valence-electron chi connectivity index (χ2n) is 6.79. The zero-order valence-corrected chi connectivity index (χ0v) is 14.9. The Morgan fingerprint density at radius 3 is 2.33 bits per heavy atom. The Hall–Kier alpha value is -2.62. The Labute approximate surface area is 156 Å². The van der Waals surface area contributed by atoms with Gasteiger partial charge in [-0.15, -0.1) is 0 Å². The maximum Gasteiger partial charge on any atom is 0.416 e. The minimum atomic E-state index is -4.37. The van der Waals surface area contributed by atoms with Gasteiger partial charge < -0.3 is 5.32 Å². The van der Waals surface area contributed by atoms with Crippen LogP contribution >= 0.6 is 0 Å². The van der Waals surface area contributed by atoms with Gasteiger partial charge in [0, 0.05) is 17.8 Å². The average molecular weight is 374 g/mol. The summed E-state index contributed by atoms with van der Waals surface area (Å²) in [7, 11) is 0. The molecule has 0 unspecified atom stereocenters. The van der Waals surface area contributed by atoms with E-state index in [2.05, 4.69) is 15.3 Å². The van der Waals surface area contributed by atoms with Gasteiger partial charge in [-0.3, -0.25) is 0 Å². The molecule has 1 fully saturated rings. The first-order chi connectivity index (χ1) is 13.0. The molecule has 3 rings (SSSR count). The van der Waals surface area contributed by atoms with E-state index < -0.39 is 11.7 Å². The summed E-state index contributed by atoms with van der Waals surface area (Å²) < 4.78 is 38.5. The maximum atomic E-state index is 12.8. The number of nitriles is 1. The molecule has 0 atom stereocenters. The summed E-state index contributed by atoms with van der Waals surface area (Å²) in [5.41, 5.74) is 0.573. The Morgan fingerprint density at radius 2 is 1.74 bits per heavy atom. The summed E-state index contributed by atoms with van der Waals surface area (Å²) in [4.78, 5) is 8.66. The number of hydrogen-bond donors (Lipinski definition) is 1. The lowest BCUT2D eigenvalue weighted by Gasteiger charge is -2.20. The second-order valence-corrected chi connectivity index (χ2v) is 6.79. The standard InChI is InChI=1S/C20H21F3N4/c21-20(22,23)15-9-7-14(8-10-15)17-13-25-18(11-12-24)27-19(17)26-16-5-3-1-2-4-6-16/h7-10,13,16H,1-6,11H2,(H,25,26,27). The first-order valence-electron chi connectivity index (χ1n) is 9.14. The highest BCUT2D eigenvalue weighted by atomic mass is 19.4. The SMILES string of the molecule is N#CCc1ncc(-c2ccc(C(F)(F)F)cc2)c(NC2CCCCCC2)n1. The van der Waals surface area contributed by atoms with Crippen LogP contribution < -0.4 is 5.32 Å². The summed E-state index contributed by atoms with van der Waals surface area (Å²) in [6.07, 6.45) is 4.09. The molecule has 27 heavy (non-hydrogen) atoms. The molecule has 2 aromatic rings. The molecule has 0 spiro atoms. The van der Waals surface area contributed by atoms with Crippen molar-refractivity contribution in [1.29, 1.82) is 5.26 Å². The van der Waals surface area contributed by atoms with Crippen molar-refractivity contribution in [2.45, 2.75) is 57.2 Å². The lowest BCUT2D eigenvalue weighted by molar-refractivity contribution is -0.137. The highest BCUT2D eigenvalue weighted by Gasteiger charge is 2.30. The van der Waals surface area contributed by atoms with Gasteiger partial charge in [0.1, 0.15) is 11.6 Å². The van der Waals surface area contributed by atoms with E-state index in [-0.39, 0.29) is 12.5 Å². The van der Waals surface area contributed by atoms with Crippen molar-refractivity contribution < 1.29 is 13.2 Å². The van der Waals surface area contributed by atoms with Gasteiger partial charge in [-0.25, -0.2) is 9.97 Å². The molecule has 1 aliphatic carbocycles. The maximum absolute atomic E-state index is 12.8. The number of alkyl halides is 3. The Kier molecular flexibility index (Phi) is 5.94. The van der Waals surface area contributed by atoms with E-state index in [1.165, 1.54) is 25.0 Å². The van der Waals surface area contributed by atoms with Gasteiger partial charge >= 0.3 is 6.18 Å². The van der Waals surface area contributed by atoms with E-state index in [1.807, 2.05) is 6.07 Å². The van der Waals surface area contributed by atoms with Gasteiger partial charge in [-0.2, -0.15) is 18.4 Å². The van der Waals surface area contributed by atoms with Crippen LogP contribution in [0.2, 0.25) is 0 Å². The summed E-state index contributed by atoms with van der Waals surface area (Å²) in [6.45, 7) is 0. The van der Waals surface area contributed by atoms with Crippen molar-refractivity contribution in [3.8, 4) is 17.2 Å². The van der Waals surface area contributed by atoms with Gasteiger partial charge in [-0.1, -0.05) is 37.8 Å². The van der Waals surface area contributed by atoms with Gasteiger partial charge in [0.25, 0.3) is 0 Å². The summed E-state index contributed by atoms with van der Waals surface area (Å²) in [5.74, 6) is 0.992. The summed E-state index contributed by atoms with van der Waals surface area (Å²) >= 11 is 0. The monoisotopic (exact) mass is 374 g/mol. The fraction of sp³-hybridized carbons (Fsp3) is 0.450. The first kappa shape index (κ1) is 19.2. The molecule has 0 bridgehead atoms. The Morgan fingerprint density at radius 1 is 1.07 bits per heavy atom. The molecule has 0 aliphatic heterocycles. The van der Waals surface area contributed by atoms with Gasteiger partial charge in [0.05, 0.1) is 18.1 Å². The van der Waals surface area contributed by atoms with Crippen molar-refractivity contribution in [1.82, 2.24) is 9.97 Å². The van der Waals surface area contributed by atoms with Crippen molar-refractivity contribution in [2.75, 3.05) is 5.32 Å². The van der Waals surface area contributed by atoms with E-state index in [9.17, 15) is 13.2 Å². The minimum Gasteiger partial charge on any atom is -0.367 e. The predicted molar refractivity (Wildman–Crippen MR) is 96.9 cm³/mol. The van der Waals surface area contributed by atoms with Crippen LogP contribution in [-0.2, 0) is 12.6 Å². The molecule has 0 saturated heterocycles. The molecule has 0 amide bonds. The van der Waals surface area contributed by atoms with Crippen molar-refractivity contribution in [2.24, 2.45) is 0 Å². The Balaban J connectivity index is 1.92. The highest BCUT2D eigenvalue weighted by molar-refractivity contribution is 5.74. The van der Waals surface area contributed by atoms with Crippen LogP contribution in [0.25, 0.3) is 11.1 Å². The van der Waals surface area contributed by atoms with E-state index in [0.717, 1.165) is 37.8 Å². The topological polar surface area (TPSA) is 61.6 Å². The third kappa shape index (κ3) is 4.97. The Bertz CT molecular complexity index is 801. The molecule has 1 aromatic carbocycles. The number of benzene rings is 1. The lowest BCUT2D eigenvalue weighted by Crippen LogP contribution is -2.20. The van der Waals surface area contributed by atoms with Gasteiger partial charge in [-0.05, 0) is 30.5 Å². The first-order valence-corrected chi connectivity index (χ1v) is 9.14. The van der Waals surface area contributed by atoms with E-state index in [1.54, 1.807) is 6.20 Å². The number of hydrogen-bond acceptors (Lipinski definition) is 4. The van der Waals surface area contributed by atoms with Gasteiger partial charge in [0.2, 0.25) is 0 Å². The number of halogens is 3. The smallest absolute Gasteiger partial charge is 0.367 e. The van der Waals surface area contributed by atoms with E-state index >= 15 is 0 Å². The molecule has 1 aromatic heterocycles. The van der Waals surface area contributed by atoms with Crippen molar-refractivity contribution in [3.63, 3.8) is 0 Å². The molecule has 1 heterocycles. The minimum absolute atomic E-state index is 0.0899. The molecular weight excluding hydrogens is 353 g/mol. The highest BCUT2D eigenvalue weighted by Crippen LogP contribution is 2.33. The predicted octanol–water partition coefficient (Wildman–Crippen LogP) is 5.36. The normalized spacial score (nSPS) is 15.8. The largest absolute Gasteiger partial charge is 0.416 e. The van der Waals surface area contributed by atoms with Crippen LogP contribution in [0.5, 0.6) is 0 Å². The third-order valence-corrected chi connectivity index (χ3v) is 4.80. The number of rotatable bonds is 4. The fourth-order valence-electron chi connectivity index (χ4n) is 3.35. The molecule has 4 nitrogen and oxygen atoms in total. The second kappa shape index (κ2) is 8.38. The third-order valence-electron chi connectivity index (χ3n) is 4.80. The van der Waals surface area contributed by atoms with E-state index in [4.69, 9.17) is 5.26 Å². The zero-order chi connectivity index (χ0) is 19.3. The number of aromatic nitrogens is 2. The van der Waals surface area contributed by atoms with Crippen molar-refractivity contribution >= 4 is 5.82 Å². The van der Waals surface area contributed by atoms with Crippen LogP contribution in [0, 0.1) is 11.3 Å². The fourth-order valence-corrected chi connectivity index (χ4v) is 3.35. The van der Waals surface area contributed by atoms with Crippen LogP contribution in [0.15, 0.2) is 30.5 Å². The van der Waals surface area contributed by atoms with Crippen LogP contribution in [0.3, 0.4) is 0 Å². The van der Waals surface area contributed by atoms with Crippen LogP contribution in [-0.4, -0.2) is 16.0 Å². The summed E-state index contributed by atoms with van der Waals surface area (Å²) in [5, 5.41) is 12.4. The number of nitrogens with one attached hydrogen (secondary N) is 1. The average Bonchev–Trinajstić information content (AvgIpc) is 2.90. The molecule has 0 radical (unpaired) electrons. The van der Waals surface area contributed by atoms with Crippen LogP contribution in [0.4, 0.5) is 19.0 Å². The molecule has 1 saturated carbocycles. The molecular formula is C20H21F3N4. The lowest BCUT2D eigenvalue weighted by atomic mass is 10.0. The summed E-state index contributed by atoms with van der Waals surface area (Å²) in [6, 6.07) is 7.29. The van der Waals surface area contributed by atoms with Crippen molar-refractivity contribution in [3.05, 3.63) is 41.9 Å². The molecule has 142 valence electrons. The molecule has 1 N–H and O–H groups in total. The van der Waals surface area contributed by atoms with Gasteiger partial charge in [0.15, 0.2) is 0 Å². The number of nitrogens with zero attached hydrogens (tertiary/aromatic N) is 3. The number of anilines is 1.